The number of phenols is 3. The van der Waals surface area contributed by atoms with E-state index in [9.17, 15) is 24.9 Å². The molecule has 0 saturated heterocycles. The van der Waals surface area contributed by atoms with Gasteiger partial charge >= 0.3 is 0 Å². The van der Waals surface area contributed by atoms with Crippen molar-refractivity contribution in [1.82, 2.24) is 0 Å². The number of benzene rings is 2. The van der Waals surface area contributed by atoms with E-state index in [-0.39, 0.29) is 45.1 Å². The molecule has 0 saturated carbocycles. The maximum absolute atomic E-state index is 12.5. The first-order valence-electron chi connectivity index (χ1n) is 5.90. The minimum absolute atomic E-state index is 0.0587. The summed E-state index contributed by atoms with van der Waals surface area (Å²) in [4.78, 5) is 24.9. The summed E-state index contributed by atoms with van der Waals surface area (Å²) in [6, 6.07) is 4.98. The number of phenolic OH excluding ortho intramolecular Hbond substituents is 3. The van der Waals surface area contributed by atoms with Crippen LogP contribution in [0.1, 0.15) is 37.4 Å². The summed E-state index contributed by atoms with van der Waals surface area (Å²) in [6.07, 6.45) is 0. The zero-order chi connectivity index (χ0) is 14.6. The maximum Gasteiger partial charge on any atom is 0.198 e. The molecule has 0 fully saturated rings. The largest absolute Gasteiger partial charge is 0.508 e. The molecule has 1 aliphatic carbocycles. The Hall–Kier alpha value is -2.82. The number of fused-ring (bicyclic) bond motifs is 2. The quantitative estimate of drug-likeness (QED) is 0.542. The SMILES string of the molecule is Cc1c(O)ccc2c1C(=O)c1c(O)ccc(O)c1C2=O. The number of carbonyl (C=O) groups is 2. The van der Waals surface area contributed by atoms with Crippen molar-refractivity contribution in [3.63, 3.8) is 0 Å². The number of hydrogen-bond acceptors (Lipinski definition) is 5. The average Bonchev–Trinajstić information content (AvgIpc) is 2.41. The van der Waals surface area contributed by atoms with Crippen molar-refractivity contribution >= 4 is 11.6 Å². The summed E-state index contributed by atoms with van der Waals surface area (Å²) in [5.41, 5.74) is 0.0140. The summed E-state index contributed by atoms with van der Waals surface area (Å²) in [6.45, 7) is 1.52. The van der Waals surface area contributed by atoms with Crippen molar-refractivity contribution in [2.24, 2.45) is 0 Å². The van der Waals surface area contributed by atoms with Gasteiger partial charge in [0.2, 0.25) is 0 Å². The zero-order valence-corrected chi connectivity index (χ0v) is 10.5. The lowest BCUT2D eigenvalue weighted by Gasteiger charge is -2.21. The summed E-state index contributed by atoms with van der Waals surface area (Å²) in [5, 5.41) is 29.3. The van der Waals surface area contributed by atoms with Crippen molar-refractivity contribution in [2.45, 2.75) is 6.92 Å². The highest BCUT2D eigenvalue weighted by molar-refractivity contribution is 6.30. The molecule has 0 amide bonds. The number of ketones is 2. The summed E-state index contributed by atoms with van der Waals surface area (Å²) >= 11 is 0. The van der Waals surface area contributed by atoms with E-state index in [1.807, 2.05) is 0 Å². The lowest BCUT2D eigenvalue weighted by molar-refractivity contribution is 0.0973. The molecule has 0 radical (unpaired) electrons. The number of carbonyl (C=O) groups excluding carboxylic acids is 2. The van der Waals surface area contributed by atoms with Crippen LogP contribution in [0.4, 0.5) is 0 Å². The van der Waals surface area contributed by atoms with Gasteiger partial charge in [0.1, 0.15) is 17.2 Å². The average molecular weight is 270 g/mol. The van der Waals surface area contributed by atoms with Crippen LogP contribution in [-0.4, -0.2) is 26.9 Å². The van der Waals surface area contributed by atoms with E-state index in [1.165, 1.54) is 19.1 Å². The van der Waals surface area contributed by atoms with Crippen molar-refractivity contribution in [1.29, 1.82) is 0 Å². The summed E-state index contributed by atoms with van der Waals surface area (Å²) in [7, 11) is 0. The van der Waals surface area contributed by atoms with Gasteiger partial charge in [0.05, 0.1) is 11.1 Å². The van der Waals surface area contributed by atoms with Crippen LogP contribution in [-0.2, 0) is 0 Å². The fourth-order valence-electron chi connectivity index (χ4n) is 2.48. The van der Waals surface area contributed by atoms with Crippen LogP contribution in [0.3, 0.4) is 0 Å². The van der Waals surface area contributed by atoms with Crippen LogP contribution in [0.15, 0.2) is 24.3 Å². The Morgan fingerprint density at radius 3 is 1.80 bits per heavy atom. The second kappa shape index (κ2) is 3.84. The van der Waals surface area contributed by atoms with Crippen LogP contribution in [0.2, 0.25) is 0 Å². The Kier molecular flexibility index (Phi) is 2.34. The molecule has 0 spiro atoms. The van der Waals surface area contributed by atoms with Crippen LogP contribution in [0.5, 0.6) is 17.2 Å². The topological polar surface area (TPSA) is 94.8 Å². The molecule has 0 unspecified atom stereocenters. The standard InChI is InChI=1S/C15H10O5/c1-6-8(16)3-2-7-11(6)15(20)13-10(18)5-4-9(17)12(13)14(7)19/h2-5,16-18H,1H3. The van der Waals surface area contributed by atoms with Crippen molar-refractivity contribution in [3.8, 4) is 17.2 Å². The summed E-state index contributed by atoms with van der Waals surface area (Å²) < 4.78 is 0. The molecular formula is C15H10O5. The van der Waals surface area contributed by atoms with E-state index in [1.54, 1.807) is 0 Å². The highest BCUT2D eigenvalue weighted by Gasteiger charge is 2.35. The lowest BCUT2D eigenvalue weighted by Crippen LogP contribution is -2.22. The molecule has 0 bridgehead atoms. The van der Waals surface area contributed by atoms with Gasteiger partial charge in [-0.05, 0) is 31.2 Å². The van der Waals surface area contributed by atoms with Gasteiger partial charge in [0.15, 0.2) is 11.6 Å². The molecule has 0 aromatic heterocycles. The van der Waals surface area contributed by atoms with E-state index in [0.717, 1.165) is 12.1 Å². The molecule has 3 rings (SSSR count). The molecule has 0 aliphatic heterocycles. The van der Waals surface area contributed by atoms with Gasteiger partial charge < -0.3 is 15.3 Å². The van der Waals surface area contributed by atoms with Crippen LogP contribution in [0, 0.1) is 6.92 Å². The van der Waals surface area contributed by atoms with Crippen LogP contribution < -0.4 is 0 Å². The monoisotopic (exact) mass is 270 g/mol. The molecule has 5 nitrogen and oxygen atoms in total. The Morgan fingerprint density at radius 1 is 0.700 bits per heavy atom. The third kappa shape index (κ3) is 1.37. The number of rotatable bonds is 0. The maximum atomic E-state index is 12.5. The van der Waals surface area contributed by atoms with Gasteiger partial charge in [-0.2, -0.15) is 0 Å². The third-order valence-electron chi connectivity index (χ3n) is 3.52. The Bertz CT molecular complexity index is 785. The normalized spacial score (nSPS) is 13.1. The Labute approximate surface area is 113 Å². The minimum Gasteiger partial charge on any atom is -0.508 e. The van der Waals surface area contributed by atoms with Crippen molar-refractivity contribution in [2.75, 3.05) is 0 Å². The second-order valence-corrected chi connectivity index (χ2v) is 4.64. The van der Waals surface area contributed by atoms with Crippen molar-refractivity contribution in [3.05, 3.63) is 52.1 Å². The first-order chi connectivity index (χ1) is 9.43. The van der Waals surface area contributed by atoms with Crippen LogP contribution in [0.25, 0.3) is 0 Å². The number of hydrogen-bond donors (Lipinski definition) is 3. The highest BCUT2D eigenvalue weighted by Crippen LogP contribution is 2.39. The van der Waals surface area contributed by atoms with Gasteiger partial charge in [-0.3, -0.25) is 9.59 Å². The van der Waals surface area contributed by atoms with Gasteiger partial charge in [0.25, 0.3) is 0 Å². The van der Waals surface area contributed by atoms with E-state index >= 15 is 0 Å². The molecule has 2 aromatic carbocycles. The van der Waals surface area contributed by atoms with Crippen molar-refractivity contribution < 1.29 is 24.9 Å². The molecule has 3 N–H and O–H groups in total. The Balaban J connectivity index is 2.43. The smallest absolute Gasteiger partial charge is 0.198 e. The molecule has 0 heterocycles. The molecule has 2 aromatic rings. The minimum atomic E-state index is -0.587. The van der Waals surface area contributed by atoms with E-state index in [4.69, 9.17) is 0 Å². The lowest BCUT2D eigenvalue weighted by atomic mass is 9.81. The van der Waals surface area contributed by atoms with Gasteiger partial charge in [-0.1, -0.05) is 0 Å². The molecule has 20 heavy (non-hydrogen) atoms. The first kappa shape index (κ1) is 12.2. The molecule has 1 aliphatic rings. The molecule has 100 valence electrons. The predicted molar refractivity (Wildman–Crippen MR) is 69.5 cm³/mol. The van der Waals surface area contributed by atoms with E-state index < -0.39 is 11.6 Å². The third-order valence-corrected chi connectivity index (χ3v) is 3.52. The Morgan fingerprint density at radius 2 is 1.20 bits per heavy atom. The van der Waals surface area contributed by atoms with Crippen LogP contribution >= 0.6 is 0 Å². The van der Waals surface area contributed by atoms with Gasteiger partial charge in [-0.15, -0.1) is 0 Å². The zero-order valence-electron chi connectivity index (χ0n) is 10.5. The van der Waals surface area contributed by atoms with E-state index in [0.29, 0.717) is 0 Å². The molecule has 0 atom stereocenters. The number of aromatic hydroxyl groups is 3. The fraction of sp³-hybridized carbons (Fsp3) is 0.0667. The molecular weight excluding hydrogens is 260 g/mol. The second-order valence-electron chi connectivity index (χ2n) is 4.64. The van der Waals surface area contributed by atoms with Gasteiger partial charge in [0, 0.05) is 16.7 Å². The highest BCUT2D eigenvalue weighted by atomic mass is 16.3. The van der Waals surface area contributed by atoms with E-state index in [2.05, 4.69) is 0 Å². The fourth-order valence-corrected chi connectivity index (χ4v) is 2.48. The predicted octanol–water partition coefficient (Wildman–Crippen LogP) is 1.89. The van der Waals surface area contributed by atoms with Gasteiger partial charge in [-0.25, -0.2) is 0 Å². The molecule has 5 heteroatoms. The summed E-state index contributed by atoms with van der Waals surface area (Å²) in [5.74, 6) is -1.97. The first-order valence-corrected chi connectivity index (χ1v) is 5.90.